The average molecular weight is 1060 g/mol. The lowest BCUT2D eigenvalue weighted by atomic mass is 10.0. The second-order valence-corrected chi connectivity index (χ2v) is 24.2. The molecular weight excluding hydrogens is 923 g/mol. The molecule has 2 unspecified atom stereocenters. The predicted molar refractivity (Wildman–Crippen MR) is 329 cm³/mol. The number of hydrogen-bond donors (Lipinski definition) is 3. The van der Waals surface area contributed by atoms with Gasteiger partial charge >= 0.3 is 5.97 Å². The number of hydrogen-bond acceptors (Lipinski definition) is 5. The Kier molecular flexibility index (Phi) is 64.4. The van der Waals surface area contributed by atoms with Gasteiger partial charge in [-0.05, 0) is 25.7 Å². The summed E-state index contributed by atoms with van der Waals surface area (Å²) in [6.07, 6.45) is 78.7. The van der Waals surface area contributed by atoms with Crippen molar-refractivity contribution in [2.75, 3.05) is 13.2 Å². The summed E-state index contributed by atoms with van der Waals surface area (Å²) < 4.78 is 5.49. The van der Waals surface area contributed by atoms with Crippen LogP contribution < -0.4 is 5.32 Å². The minimum absolute atomic E-state index is 0.0233. The van der Waals surface area contributed by atoms with E-state index in [0.717, 1.165) is 38.5 Å². The van der Waals surface area contributed by atoms with Crippen molar-refractivity contribution in [3.63, 3.8) is 0 Å². The second kappa shape index (κ2) is 65.4. The van der Waals surface area contributed by atoms with Crippen molar-refractivity contribution < 1.29 is 24.5 Å². The van der Waals surface area contributed by atoms with Crippen LogP contribution >= 0.6 is 0 Å². The van der Waals surface area contributed by atoms with E-state index in [1.165, 1.54) is 334 Å². The number of carbonyl (C=O) groups is 2. The minimum Gasteiger partial charge on any atom is -0.466 e. The Morgan fingerprint density at radius 1 is 0.320 bits per heavy atom. The summed E-state index contributed by atoms with van der Waals surface area (Å²) in [5, 5.41) is 23.3. The van der Waals surface area contributed by atoms with Gasteiger partial charge in [0.25, 0.3) is 0 Å². The van der Waals surface area contributed by atoms with Gasteiger partial charge in [-0.1, -0.05) is 367 Å². The molecule has 0 spiro atoms. The summed E-state index contributed by atoms with van der Waals surface area (Å²) in [5.74, 6) is -0.00421. The number of carbonyl (C=O) groups excluding carboxylic acids is 2. The molecule has 6 heteroatoms. The van der Waals surface area contributed by atoms with Gasteiger partial charge in [0.15, 0.2) is 0 Å². The van der Waals surface area contributed by atoms with E-state index in [4.69, 9.17) is 4.74 Å². The van der Waals surface area contributed by atoms with Crippen LogP contribution in [0.4, 0.5) is 0 Å². The van der Waals surface area contributed by atoms with Gasteiger partial charge in [0.1, 0.15) is 0 Å². The second-order valence-electron chi connectivity index (χ2n) is 24.2. The first-order chi connectivity index (χ1) is 37.0. The highest BCUT2D eigenvalue weighted by atomic mass is 16.5. The molecular formula is C69H137NO5. The number of esters is 1. The third kappa shape index (κ3) is 61.9. The normalized spacial score (nSPS) is 12.4. The van der Waals surface area contributed by atoms with Gasteiger partial charge in [-0.3, -0.25) is 9.59 Å². The standard InChI is InChI=1S/C69H137NO5/c1-3-5-7-9-11-13-15-17-38-41-45-49-53-57-61-67(72)66(65-71)70-68(73)62-58-54-50-46-42-39-35-33-31-29-27-25-23-21-19-18-20-22-24-26-28-30-32-34-36-40-44-48-52-56-60-64-75-69(74)63-59-55-51-47-43-37-16-14-12-10-8-6-4-2/h66-67,71-72H,3-65H2,1-2H3,(H,70,73). The van der Waals surface area contributed by atoms with Crippen LogP contribution in [-0.4, -0.2) is 47.4 Å². The van der Waals surface area contributed by atoms with Crippen LogP contribution in [0.3, 0.4) is 0 Å². The van der Waals surface area contributed by atoms with Crippen molar-refractivity contribution in [1.82, 2.24) is 5.32 Å². The lowest BCUT2D eigenvalue weighted by Gasteiger charge is -2.22. The van der Waals surface area contributed by atoms with E-state index in [2.05, 4.69) is 19.2 Å². The van der Waals surface area contributed by atoms with E-state index in [-0.39, 0.29) is 18.5 Å². The molecule has 1 amide bonds. The molecule has 448 valence electrons. The third-order valence-corrected chi connectivity index (χ3v) is 16.7. The molecule has 0 aromatic carbocycles. The van der Waals surface area contributed by atoms with Gasteiger partial charge in [-0.25, -0.2) is 0 Å². The molecule has 0 radical (unpaired) electrons. The molecule has 0 aliphatic rings. The Morgan fingerprint density at radius 3 is 0.813 bits per heavy atom. The number of amides is 1. The molecule has 0 aliphatic heterocycles. The molecule has 0 rings (SSSR count). The Bertz CT molecular complexity index is 1080. The van der Waals surface area contributed by atoms with Crippen molar-refractivity contribution >= 4 is 11.9 Å². The summed E-state index contributed by atoms with van der Waals surface area (Å²) in [6.45, 7) is 4.99. The van der Waals surface area contributed by atoms with Gasteiger partial charge in [0.2, 0.25) is 5.91 Å². The highest BCUT2D eigenvalue weighted by molar-refractivity contribution is 5.76. The van der Waals surface area contributed by atoms with Crippen LogP contribution in [0.1, 0.15) is 406 Å². The monoisotopic (exact) mass is 1060 g/mol. The van der Waals surface area contributed by atoms with Crippen LogP contribution in [0.15, 0.2) is 0 Å². The molecule has 2 atom stereocenters. The van der Waals surface area contributed by atoms with Gasteiger partial charge in [-0.15, -0.1) is 0 Å². The van der Waals surface area contributed by atoms with Crippen LogP contribution in [0.25, 0.3) is 0 Å². The molecule has 0 heterocycles. The van der Waals surface area contributed by atoms with Crippen LogP contribution in [0.2, 0.25) is 0 Å². The Hall–Kier alpha value is -1.14. The molecule has 0 saturated heterocycles. The predicted octanol–water partition coefficient (Wildman–Crippen LogP) is 22.2. The third-order valence-electron chi connectivity index (χ3n) is 16.7. The molecule has 0 bridgehead atoms. The van der Waals surface area contributed by atoms with Gasteiger partial charge < -0.3 is 20.3 Å². The number of unbranched alkanes of at least 4 members (excludes halogenated alkanes) is 55. The summed E-state index contributed by atoms with van der Waals surface area (Å²) in [4.78, 5) is 24.5. The quantitative estimate of drug-likeness (QED) is 0.0417. The summed E-state index contributed by atoms with van der Waals surface area (Å²) >= 11 is 0. The van der Waals surface area contributed by atoms with Crippen molar-refractivity contribution in [2.24, 2.45) is 0 Å². The fourth-order valence-corrected chi connectivity index (χ4v) is 11.4. The molecule has 6 nitrogen and oxygen atoms in total. The number of aliphatic hydroxyl groups excluding tert-OH is 2. The zero-order valence-corrected chi connectivity index (χ0v) is 51.3. The zero-order chi connectivity index (χ0) is 54.3. The molecule has 0 aliphatic carbocycles. The van der Waals surface area contributed by atoms with Gasteiger partial charge in [0.05, 0.1) is 25.4 Å². The number of aliphatic hydroxyl groups is 2. The summed E-state index contributed by atoms with van der Waals surface area (Å²) in [5.41, 5.74) is 0. The van der Waals surface area contributed by atoms with Crippen molar-refractivity contribution in [3.05, 3.63) is 0 Å². The molecule has 0 fully saturated rings. The highest BCUT2D eigenvalue weighted by Crippen LogP contribution is 2.19. The van der Waals surface area contributed by atoms with E-state index >= 15 is 0 Å². The molecule has 3 N–H and O–H groups in total. The van der Waals surface area contributed by atoms with Crippen LogP contribution in [0, 0.1) is 0 Å². The first-order valence-electron chi connectivity index (χ1n) is 34.8. The molecule has 0 aromatic rings. The zero-order valence-electron chi connectivity index (χ0n) is 51.3. The largest absolute Gasteiger partial charge is 0.466 e. The SMILES string of the molecule is CCCCCCCCCCCCCCCCC(O)C(CO)NC(=O)CCCCCCCCCCCCCCCCCCCCCCCCCCCCCCCCCOC(=O)CCCCCCCCCCCCCCC. The van der Waals surface area contributed by atoms with Crippen molar-refractivity contribution in [2.45, 2.75) is 418 Å². The van der Waals surface area contributed by atoms with Crippen molar-refractivity contribution in [3.8, 4) is 0 Å². The number of ether oxygens (including phenoxy) is 1. The minimum atomic E-state index is -0.659. The topological polar surface area (TPSA) is 95.9 Å². The van der Waals surface area contributed by atoms with E-state index in [0.29, 0.717) is 25.9 Å². The fourth-order valence-electron chi connectivity index (χ4n) is 11.4. The Morgan fingerprint density at radius 2 is 0.547 bits per heavy atom. The maximum absolute atomic E-state index is 12.5. The first-order valence-corrected chi connectivity index (χ1v) is 34.8. The van der Waals surface area contributed by atoms with E-state index in [1.54, 1.807) is 0 Å². The molecule has 0 aromatic heterocycles. The fraction of sp³-hybridized carbons (Fsp3) is 0.971. The van der Waals surface area contributed by atoms with E-state index in [9.17, 15) is 19.8 Å². The molecule has 0 saturated carbocycles. The summed E-state index contributed by atoms with van der Waals surface area (Å²) in [7, 11) is 0. The maximum Gasteiger partial charge on any atom is 0.305 e. The van der Waals surface area contributed by atoms with Gasteiger partial charge in [-0.2, -0.15) is 0 Å². The average Bonchev–Trinajstić information content (AvgIpc) is 3.41. The number of nitrogens with one attached hydrogen (secondary N) is 1. The van der Waals surface area contributed by atoms with E-state index in [1.807, 2.05) is 0 Å². The Balaban J connectivity index is 3.30. The lowest BCUT2D eigenvalue weighted by molar-refractivity contribution is -0.143. The highest BCUT2D eigenvalue weighted by Gasteiger charge is 2.20. The van der Waals surface area contributed by atoms with E-state index < -0.39 is 12.1 Å². The smallest absolute Gasteiger partial charge is 0.305 e. The number of rotatable bonds is 66. The maximum atomic E-state index is 12.5. The van der Waals surface area contributed by atoms with Gasteiger partial charge in [0, 0.05) is 12.8 Å². The molecule has 75 heavy (non-hydrogen) atoms. The first kappa shape index (κ1) is 73.9. The van der Waals surface area contributed by atoms with Crippen LogP contribution in [-0.2, 0) is 14.3 Å². The summed E-state index contributed by atoms with van der Waals surface area (Å²) in [6, 6.07) is -0.536. The van der Waals surface area contributed by atoms with Crippen LogP contribution in [0.5, 0.6) is 0 Å². The Labute approximate surface area is 470 Å². The van der Waals surface area contributed by atoms with Crippen molar-refractivity contribution in [1.29, 1.82) is 0 Å². The lowest BCUT2D eigenvalue weighted by Crippen LogP contribution is -2.45.